The minimum absolute atomic E-state index is 0.0262. The molecule has 0 spiro atoms. The summed E-state index contributed by atoms with van der Waals surface area (Å²) in [6.07, 6.45) is 3.05. The molecular weight excluding hydrogens is 455 g/mol. The number of nitrogens with zero attached hydrogens (tertiary/aromatic N) is 1. The van der Waals surface area contributed by atoms with E-state index >= 15 is 0 Å². The van der Waals surface area contributed by atoms with Gasteiger partial charge in [0.05, 0.1) is 19.8 Å². The number of benzene rings is 2. The molecule has 2 aromatic carbocycles. The average Bonchev–Trinajstić information content (AvgIpc) is 2.97. The molecule has 0 aliphatic carbocycles. The van der Waals surface area contributed by atoms with Crippen LogP contribution >= 0.6 is 22.6 Å². The van der Waals surface area contributed by atoms with Crippen LogP contribution in [0.1, 0.15) is 30.9 Å². The molecule has 1 atom stereocenters. The standard InChI is InChI=1S/C21H23IN2O3/c22-16-4-1-5-17(13-16)23-21(25)14-24-9-2-6-18(24)15-7-8-19-20(12-15)27-11-3-10-26-19/h1,4-5,7-8,12-13,18H,2-3,6,9-11,14H2,(H,23,25)/t18-/m1/s1. The van der Waals surface area contributed by atoms with Crippen LogP contribution in [0.2, 0.25) is 0 Å². The summed E-state index contributed by atoms with van der Waals surface area (Å²) in [5, 5.41) is 3.01. The fourth-order valence-electron chi connectivity index (χ4n) is 3.73. The van der Waals surface area contributed by atoms with Gasteiger partial charge >= 0.3 is 0 Å². The third-order valence-corrected chi connectivity index (χ3v) is 5.65. The number of hydrogen-bond acceptors (Lipinski definition) is 4. The molecule has 0 saturated carbocycles. The van der Waals surface area contributed by atoms with Gasteiger partial charge in [-0.15, -0.1) is 0 Å². The maximum absolute atomic E-state index is 12.5. The second kappa shape index (κ2) is 8.48. The Labute approximate surface area is 173 Å². The van der Waals surface area contributed by atoms with Crippen LogP contribution in [0.3, 0.4) is 0 Å². The molecule has 5 nitrogen and oxygen atoms in total. The smallest absolute Gasteiger partial charge is 0.238 e. The Morgan fingerprint density at radius 2 is 1.96 bits per heavy atom. The highest BCUT2D eigenvalue weighted by molar-refractivity contribution is 14.1. The van der Waals surface area contributed by atoms with Crippen LogP contribution in [0.4, 0.5) is 5.69 Å². The van der Waals surface area contributed by atoms with E-state index < -0.39 is 0 Å². The zero-order valence-corrected chi connectivity index (χ0v) is 17.3. The number of likely N-dealkylation sites (tertiary alicyclic amines) is 1. The van der Waals surface area contributed by atoms with Gasteiger partial charge in [0.15, 0.2) is 11.5 Å². The summed E-state index contributed by atoms with van der Waals surface area (Å²) in [7, 11) is 0. The zero-order chi connectivity index (χ0) is 18.6. The van der Waals surface area contributed by atoms with Gasteiger partial charge in [-0.3, -0.25) is 9.69 Å². The van der Waals surface area contributed by atoms with Crippen molar-refractivity contribution in [1.82, 2.24) is 4.90 Å². The number of carbonyl (C=O) groups excluding carboxylic acids is 1. The Balaban J connectivity index is 1.44. The van der Waals surface area contributed by atoms with E-state index in [0.717, 1.165) is 46.6 Å². The number of fused-ring (bicyclic) bond motifs is 1. The molecule has 1 amide bonds. The Kier molecular flexibility index (Phi) is 5.83. The fourth-order valence-corrected chi connectivity index (χ4v) is 4.27. The zero-order valence-electron chi connectivity index (χ0n) is 15.1. The van der Waals surface area contributed by atoms with Crippen molar-refractivity contribution in [3.05, 3.63) is 51.6 Å². The number of amides is 1. The van der Waals surface area contributed by atoms with Gasteiger partial charge in [-0.1, -0.05) is 12.1 Å². The molecule has 0 unspecified atom stereocenters. The van der Waals surface area contributed by atoms with Gasteiger partial charge in [0, 0.05) is 21.7 Å². The lowest BCUT2D eigenvalue weighted by Gasteiger charge is -2.25. The number of ether oxygens (including phenoxy) is 2. The summed E-state index contributed by atoms with van der Waals surface area (Å²) >= 11 is 2.25. The minimum atomic E-state index is 0.0262. The van der Waals surface area contributed by atoms with Crippen LogP contribution in [0, 0.1) is 3.57 Å². The SMILES string of the molecule is O=C(CN1CCC[C@@H]1c1ccc2c(c1)OCCCO2)Nc1cccc(I)c1. The van der Waals surface area contributed by atoms with Crippen molar-refractivity contribution < 1.29 is 14.3 Å². The average molecular weight is 478 g/mol. The molecule has 0 radical (unpaired) electrons. The lowest BCUT2D eigenvalue weighted by molar-refractivity contribution is -0.117. The van der Waals surface area contributed by atoms with Gasteiger partial charge in [-0.05, 0) is 77.9 Å². The Morgan fingerprint density at radius 1 is 1.11 bits per heavy atom. The molecular formula is C21H23IN2O3. The van der Waals surface area contributed by atoms with E-state index in [1.165, 1.54) is 5.56 Å². The number of nitrogens with one attached hydrogen (secondary N) is 1. The molecule has 1 fully saturated rings. The van der Waals surface area contributed by atoms with Crippen LogP contribution in [0.25, 0.3) is 0 Å². The molecule has 27 heavy (non-hydrogen) atoms. The third-order valence-electron chi connectivity index (χ3n) is 4.98. The van der Waals surface area contributed by atoms with E-state index in [-0.39, 0.29) is 11.9 Å². The van der Waals surface area contributed by atoms with Gasteiger partial charge < -0.3 is 14.8 Å². The second-order valence-corrected chi connectivity index (χ2v) is 8.19. The summed E-state index contributed by atoms with van der Waals surface area (Å²) in [5.74, 6) is 1.66. The number of halogens is 1. The van der Waals surface area contributed by atoms with Crippen molar-refractivity contribution in [2.75, 3.05) is 31.6 Å². The van der Waals surface area contributed by atoms with Crippen molar-refractivity contribution in [2.45, 2.75) is 25.3 Å². The van der Waals surface area contributed by atoms with Crippen molar-refractivity contribution in [1.29, 1.82) is 0 Å². The highest BCUT2D eigenvalue weighted by atomic mass is 127. The van der Waals surface area contributed by atoms with Crippen LogP contribution < -0.4 is 14.8 Å². The summed E-state index contributed by atoms with van der Waals surface area (Å²) in [5.41, 5.74) is 2.04. The van der Waals surface area contributed by atoms with Crippen LogP contribution in [-0.4, -0.2) is 37.1 Å². The van der Waals surface area contributed by atoms with Crippen LogP contribution in [0.15, 0.2) is 42.5 Å². The van der Waals surface area contributed by atoms with Gasteiger partial charge in [0.25, 0.3) is 0 Å². The maximum atomic E-state index is 12.5. The largest absolute Gasteiger partial charge is 0.490 e. The molecule has 1 N–H and O–H groups in total. The molecule has 2 aliphatic heterocycles. The number of hydrogen-bond donors (Lipinski definition) is 1. The topological polar surface area (TPSA) is 50.8 Å². The van der Waals surface area contributed by atoms with E-state index in [2.05, 4.69) is 44.9 Å². The monoisotopic (exact) mass is 478 g/mol. The van der Waals surface area contributed by atoms with Gasteiger partial charge in [0.2, 0.25) is 5.91 Å². The van der Waals surface area contributed by atoms with Crippen molar-refractivity contribution in [3.63, 3.8) is 0 Å². The second-order valence-electron chi connectivity index (χ2n) is 6.94. The van der Waals surface area contributed by atoms with E-state index in [1.807, 2.05) is 30.3 Å². The van der Waals surface area contributed by atoms with Crippen LogP contribution in [-0.2, 0) is 4.79 Å². The van der Waals surface area contributed by atoms with Crippen molar-refractivity contribution in [3.8, 4) is 11.5 Å². The number of rotatable bonds is 4. The Bertz CT molecular complexity index is 827. The van der Waals surface area contributed by atoms with E-state index in [1.54, 1.807) is 0 Å². The third kappa shape index (κ3) is 4.55. The Hall–Kier alpha value is -1.80. The first-order chi connectivity index (χ1) is 13.2. The number of anilines is 1. The van der Waals surface area contributed by atoms with Crippen molar-refractivity contribution >= 4 is 34.2 Å². The highest BCUT2D eigenvalue weighted by Crippen LogP contribution is 2.37. The molecule has 4 rings (SSSR count). The normalized spacial score (nSPS) is 19.5. The Morgan fingerprint density at radius 3 is 2.81 bits per heavy atom. The van der Waals surface area contributed by atoms with Gasteiger partial charge in [0.1, 0.15) is 0 Å². The van der Waals surface area contributed by atoms with Gasteiger partial charge in [-0.2, -0.15) is 0 Å². The molecule has 2 aliphatic rings. The van der Waals surface area contributed by atoms with Crippen molar-refractivity contribution in [2.24, 2.45) is 0 Å². The summed E-state index contributed by atoms with van der Waals surface area (Å²) in [6.45, 7) is 2.70. The quantitative estimate of drug-likeness (QED) is 0.669. The van der Waals surface area contributed by atoms with E-state index in [9.17, 15) is 4.79 Å². The summed E-state index contributed by atoms with van der Waals surface area (Å²) < 4.78 is 12.7. The lowest BCUT2D eigenvalue weighted by Crippen LogP contribution is -2.33. The first-order valence-corrected chi connectivity index (χ1v) is 10.5. The molecule has 2 heterocycles. The molecule has 6 heteroatoms. The molecule has 142 valence electrons. The fraction of sp³-hybridized carbons (Fsp3) is 0.381. The minimum Gasteiger partial charge on any atom is -0.490 e. The molecule has 0 aromatic heterocycles. The van der Waals surface area contributed by atoms with E-state index in [4.69, 9.17) is 9.47 Å². The first kappa shape index (κ1) is 18.6. The van der Waals surface area contributed by atoms with Gasteiger partial charge in [-0.25, -0.2) is 0 Å². The predicted molar refractivity (Wildman–Crippen MR) is 113 cm³/mol. The molecule has 1 saturated heterocycles. The van der Waals surface area contributed by atoms with Crippen LogP contribution in [0.5, 0.6) is 11.5 Å². The highest BCUT2D eigenvalue weighted by Gasteiger charge is 2.28. The summed E-state index contributed by atoms with van der Waals surface area (Å²) in [6, 6.07) is 14.3. The number of carbonyl (C=O) groups is 1. The van der Waals surface area contributed by atoms with E-state index in [0.29, 0.717) is 19.8 Å². The summed E-state index contributed by atoms with van der Waals surface area (Å²) in [4.78, 5) is 14.8. The predicted octanol–water partition coefficient (Wildman–Crippen LogP) is 4.23. The molecule has 2 aromatic rings. The molecule has 0 bridgehead atoms. The lowest BCUT2D eigenvalue weighted by atomic mass is 10.0. The maximum Gasteiger partial charge on any atom is 0.238 e. The first-order valence-electron chi connectivity index (χ1n) is 9.38.